The van der Waals surface area contributed by atoms with Gasteiger partial charge in [0.25, 0.3) is 0 Å². The molecule has 1 aliphatic rings. The van der Waals surface area contributed by atoms with E-state index in [0.29, 0.717) is 0 Å². The van der Waals surface area contributed by atoms with Crippen LogP contribution in [0.1, 0.15) is 96.8 Å². The van der Waals surface area contributed by atoms with Crippen LogP contribution in [0.5, 0.6) is 0 Å². The Morgan fingerprint density at radius 3 is 2.18 bits per heavy atom. The number of carboxylic acids is 1. The van der Waals surface area contributed by atoms with E-state index in [0.717, 1.165) is 24.7 Å². The number of hydrogen-bond donors (Lipinski definition) is 1. The molecule has 0 bridgehead atoms. The van der Waals surface area contributed by atoms with Gasteiger partial charge in [-0.25, -0.2) is 4.79 Å². The van der Waals surface area contributed by atoms with Gasteiger partial charge in [-0.3, -0.25) is 0 Å². The molecule has 0 unspecified atom stereocenters. The Bertz CT molecular complexity index is 309. The molecular weight excluding hydrogens is 272 g/mol. The zero-order chi connectivity index (χ0) is 16.0. The summed E-state index contributed by atoms with van der Waals surface area (Å²) in [6, 6.07) is 0. The van der Waals surface area contributed by atoms with Gasteiger partial charge in [0.1, 0.15) is 0 Å². The first kappa shape index (κ1) is 19.3. The lowest BCUT2D eigenvalue weighted by molar-refractivity contribution is -0.131. The molecule has 1 fully saturated rings. The Hall–Kier alpha value is -0.790. The van der Waals surface area contributed by atoms with E-state index in [4.69, 9.17) is 5.11 Å². The average Bonchev–Trinajstić information content (AvgIpc) is 2.93. The van der Waals surface area contributed by atoms with Crippen LogP contribution in [0.2, 0.25) is 0 Å². The normalized spacial score (nSPS) is 21.7. The lowest BCUT2D eigenvalue weighted by Gasteiger charge is -2.19. The predicted molar refractivity (Wildman–Crippen MR) is 94.1 cm³/mol. The first-order valence-electron chi connectivity index (χ1n) is 9.63. The number of carbonyl (C=O) groups is 1. The van der Waals surface area contributed by atoms with Crippen molar-refractivity contribution in [3.63, 3.8) is 0 Å². The molecule has 2 heteroatoms. The van der Waals surface area contributed by atoms with Gasteiger partial charge in [-0.1, -0.05) is 90.0 Å². The van der Waals surface area contributed by atoms with Crippen LogP contribution in [0.4, 0.5) is 0 Å². The van der Waals surface area contributed by atoms with Crippen molar-refractivity contribution in [1.82, 2.24) is 0 Å². The van der Waals surface area contributed by atoms with Crippen molar-refractivity contribution in [2.75, 3.05) is 0 Å². The number of unbranched alkanes of at least 4 members (excludes halogenated alkanes) is 7. The highest BCUT2D eigenvalue weighted by Gasteiger charge is 2.25. The zero-order valence-electron chi connectivity index (χ0n) is 14.6. The van der Waals surface area contributed by atoms with E-state index in [2.05, 4.69) is 6.92 Å². The molecule has 0 amide bonds. The van der Waals surface area contributed by atoms with Gasteiger partial charge in [-0.15, -0.1) is 0 Å². The highest BCUT2D eigenvalue weighted by Crippen LogP contribution is 2.38. The molecule has 128 valence electrons. The van der Waals surface area contributed by atoms with Crippen molar-refractivity contribution in [3.05, 3.63) is 12.2 Å². The first-order valence-corrected chi connectivity index (χ1v) is 9.63. The van der Waals surface area contributed by atoms with E-state index >= 15 is 0 Å². The summed E-state index contributed by atoms with van der Waals surface area (Å²) in [6.45, 7) is 2.28. The van der Waals surface area contributed by atoms with Gasteiger partial charge in [-0.2, -0.15) is 0 Å². The van der Waals surface area contributed by atoms with Crippen LogP contribution in [0.15, 0.2) is 12.2 Å². The molecule has 1 rings (SSSR count). The lowest BCUT2D eigenvalue weighted by atomic mass is 9.87. The second-order valence-electron chi connectivity index (χ2n) is 7.03. The monoisotopic (exact) mass is 308 g/mol. The minimum atomic E-state index is -0.824. The quantitative estimate of drug-likeness (QED) is 0.318. The third kappa shape index (κ3) is 9.27. The summed E-state index contributed by atoms with van der Waals surface area (Å²) in [5.41, 5.74) is 0. The molecule has 22 heavy (non-hydrogen) atoms. The van der Waals surface area contributed by atoms with Crippen LogP contribution in [0, 0.1) is 11.8 Å². The number of hydrogen-bond acceptors (Lipinski definition) is 1. The van der Waals surface area contributed by atoms with Crippen LogP contribution in [-0.4, -0.2) is 11.1 Å². The third-order valence-corrected chi connectivity index (χ3v) is 5.20. The zero-order valence-corrected chi connectivity index (χ0v) is 14.6. The molecule has 1 aliphatic carbocycles. The number of aliphatic carboxylic acids is 1. The van der Waals surface area contributed by atoms with E-state index in [-0.39, 0.29) is 0 Å². The molecule has 0 heterocycles. The molecule has 0 saturated heterocycles. The highest BCUT2D eigenvalue weighted by molar-refractivity contribution is 5.79. The van der Waals surface area contributed by atoms with E-state index < -0.39 is 5.97 Å². The molecule has 0 aromatic heterocycles. The van der Waals surface area contributed by atoms with Crippen LogP contribution in [0.3, 0.4) is 0 Å². The molecule has 0 spiro atoms. The average molecular weight is 309 g/mol. The van der Waals surface area contributed by atoms with Gasteiger partial charge in [0.15, 0.2) is 0 Å². The smallest absolute Gasteiger partial charge is 0.327 e. The Morgan fingerprint density at radius 1 is 0.955 bits per heavy atom. The Morgan fingerprint density at radius 2 is 1.55 bits per heavy atom. The van der Waals surface area contributed by atoms with E-state index in [1.54, 1.807) is 6.08 Å². The van der Waals surface area contributed by atoms with E-state index in [1.807, 2.05) is 0 Å². The van der Waals surface area contributed by atoms with Gasteiger partial charge in [0, 0.05) is 6.08 Å². The molecule has 0 aromatic carbocycles. The molecule has 0 aromatic rings. The summed E-state index contributed by atoms with van der Waals surface area (Å²) < 4.78 is 0. The fraction of sp³-hybridized carbons (Fsp3) is 0.850. The topological polar surface area (TPSA) is 37.3 Å². The Labute approximate surface area is 137 Å². The van der Waals surface area contributed by atoms with Crippen LogP contribution in [-0.2, 0) is 4.79 Å². The minimum absolute atomic E-state index is 0.824. The van der Waals surface area contributed by atoms with Crippen LogP contribution < -0.4 is 0 Å². The summed E-state index contributed by atoms with van der Waals surface area (Å²) in [4.78, 5) is 10.4. The van der Waals surface area contributed by atoms with Crippen molar-refractivity contribution in [1.29, 1.82) is 0 Å². The summed E-state index contributed by atoms with van der Waals surface area (Å²) >= 11 is 0. The molecule has 0 radical (unpaired) electrons. The second kappa shape index (κ2) is 12.7. The summed E-state index contributed by atoms with van der Waals surface area (Å²) in [6.07, 6.45) is 22.0. The van der Waals surface area contributed by atoms with Gasteiger partial charge >= 0.3 is 5.97 Å². The van der Waals surface area contributed by atoms with Crippen molar-refractivity contribution < 1.29 is 9.90 Å². The van der Waals surface area contributed by atoms with Gasteiger partial charge in [-0.05, 0) is 24.7 Å². The number of allylic oxidation sites excluding steroid dienone is 1. The maximum Gasteiger partial charge on any atom is 0.327 e. The number of carboxylic acid groups (broad SMARTS) is 1. The van der Waals surface area contributed by atoms with Crippen LogP contribution >= 0.6 is 0 Å². The molecule has 1 saturated carbocycles. The van der Waals surface area contributed by atoms with Gasteiger partial charge in [0.05, 0.1) is 0 Å². The minimum Gasteiger partial charge on any atom is -0.478 e. The SMILES string of the molecule is CCCCCCCC[C@H]1CCC[C@@H]1CCCC/C=C\C(=O)O. The van der Waals surface area contributed by atoms with E-state index in [1.165, 1.54) is 83.1 Å². The summed E-state index contributed by atoms with van der Waals surface area (Å²) in [5.74, 6) is 1.12. The van der Waals surface area contributed by atoms with Crippen molar-refractivity contribution in [2.24, 2.45) is 11.8 Å². The highest BCUT2D eigenvalue weighted by atomic mass is 16.4. The summed E-state index contributed by atoms with van der Waals surface area (Å²) in [5, 5.41) is 8.54. The fourth-order valence-corrected chi connectivity index (χ4v) is 3.91. The third-order valence-electron chi connectivity index (χ3n) is 5.20. The Balaban J connectivity index is 2.03. The fourth-order valence-electron chi connectivity index (χ4n) is 3.91. The molecule has 1 N–H and O–H groups in total. The van der Waals surface area contributed by atoms with Gasteiger partial charge in [0.2, 0.25) is 0 Å². The predicted octanol–water partition coefficient (Wildman–Crippen LogP) is 6.35. The standard InChI is InChI=1S/C20H36O2/c1-2-3-4-5-6-9-13-18-15-12-16-19(18)14-10-7-8-11-17-20(21)22/h11,17-19H,2-10,12-16H2,1H3,(H,21,22)/b17-11-/t18-,19-/m0/s1. The number of rotatable bonds is 13. The molecule has 2 nitrogen and oxygen atoms in total. The summed E-state index contributed by atoms with van der Waals surface area (Å²) in [7, 11) is 0. The van der Waals surface area contributed by atoms with E-state index in [9.17, 15) is 4.79 Å². The van der Waals surface area contributed by atoms with Crippen molar-refractivity contribution in [3.8, 4) is 0 Å². The first-order chi connectivity index (χ1) is 10.7. The maximum atomic E-state index is 10.4. The maximum absolute atomic E-state index is 10.4. The molecule has 0 aliphatic heterocycles. The van der Waals surface area contributed by atoms with Crippen LogP contribution in [0.25, 0.3) is 0 Å². The van der Waals surface area contributed by atoms with Crippen molar-refractivity contribution >= 4 is 5.97 Å². The molecular formula is C20H36O2. The Kier molecular flexibility index (Phi) is 11.1. The lowest BCUT2D eigenvalue weighted by Crippen LogP contribution is -2.08. The second-order valence-corrected chi connectivity index (χ2v) is 7.03. The molecule has 2 atom stereocenters. The largest absolute Gasteiger partial charge is 0.478 e. The van der Waals surface area contributed by atoms with Gasteiger partial charge < -0.3 is 5.11 Å². The van der Waals surface area contributed by atoms with Crippen molar-refractivity contribution in [2.45, 2.75) is 96.8 Å².